The Bertz CT molecular complexity index is 394. The summed E-state index contributed by atoms with van der Waals surface area (Å²) in [5.74, 6) is 0.0772. The maximum absolute atomic E-state index is 12.0. The first-order valence-corrected chi connectivity index (χ1v) is 6.75. The van der Waals surface area contributed by atoms with Gasteiger partial charge in [0.2, 0.25) is 5.91 Å². The maximum atomic E-state index is 12.0. The molecule has 0 aromatic carbocycles. The molecule has 6 heteroatoms. The Labute approximate surface area is 113 Å². The molecule has 106 valence electrons. The minimum atomic E-state index is -0.560. The molecule has 1 aliphatic heterocycles. The van der Waals surface area contributed by atoms with Crippen LogP contribution in [0.4, 0.5) is 0 Å². The highest BCUT2D eigenvalue weighted by atomic mass is 16.5. The number of hydrogen-bond acceptors (Lipinski definition) is 4. The lowest BCUT2D eigenvalue weighted by molar-refractivity contribution is -0.130. The predicted octanol–water partition coefficient (Wildman–Crippen LogP) is 0.271. The number of nitrogens with zero attached hydrogens (tertiary/aromatic N) is 3. The highest BCUT2D eigenvalue weighted by Crippen LogP contribution is 2.15. The quantitative estimate of drug-likeness (QED) is 0.803. The van der Waals surface area contributed by atoms with Gasteiger partial charge >= 0.3 is 0 Å². The van der Waals surface area contributed by atoms with Crippen molar-refractivity contribution in [2.45, 2.75) is 38.5 Å². The van der Waals surface area contributed by atoms with Gasteiger partial charge in [-0.1, -0.05) is 0 Å². The fraction of sp³-hybridized carbons (Fsp3) is 0.692. The molecule has 1 amide bonds. The molecule has 2 atom stereocenters. The number of carbonyl (C=O) groups excluding carboxylic acids is 1. The average Bonchev–Trinajstić information content (AvgIpc) is 3.01. The van der Waals surface area contributed by atoms with E-state index in [1.807, 2.05) is 23.9 Å². The molecule has 0 radical (unpaired) electrons. The first kappa shape index (κ1) is 14.0. The van der Waals surface area contributed by atoms with Crippen LogP contribution < -0.4 is 0 Å². The molecular formula is C13H21N3O3. The standard InChI is InChI=1S/C13H21N3O3/c1-2-19-12-10-15(9-11(12)17)13(18)5-3-7-16-8-4-6-14-16/h4,6,8,11-12,17H,2-3,5,7,9-10H2,1H3/t11-,12-/m1/s1. The molecule has 0 saturated carbocycles. The normalized spacial score (nSPS) is 22.9. The van der Waals surface area contributed by atoms with E-state index in [1.165, 1.54) is 0 Å². The summed E-state index contributed by atoms with van der Waals surface area (Å²) < 4.78 is 7.22. The Hall–Kier alpha value is -1.40. The largest absolute Gasteiger partial charge is 0.388 e. The van der Waals surface area contributed by atoms with Gasteiger partial charge in [0.15, 0.2) is 0 Å². The first-order chi connectivity index (χ1) is 9.20. The van der Waals surface area contributed by atoms with Gasteiger partial charge in [-0.25, -0.2) is 0 Å². The fourth-order valence-electron chi connectivity index (χ4n) is 2.32. The SMILES string of the molecule is CCO[C@@H]1CN(C(=O)CCCn2cccn2)C[C@H]1O. The summed E-state index contributed by atoms with van der Waals surface area (Å²) in [5, 5.41) is 13.9. The summed E-state index contributed by atoms with van der Waals surface area (Å²) in [5.41, 5.74) is 0. The van der Waals surface area contributed by atoms with Gasteiger partial charge in [0, 0.05) is 45.1 Å². The van der Waals surface area contributed by atoms with Crippen molar-refractivity contribution in [1.82, 2.24) is 14.7 Å². The van der Waals surface area contributed by atoms with E-state index in [9.17, 15) is 9.90 Å². The van der Waals surface area contributed by atoms with Crippen molar-refractivity contribution in [1.29, 1.82) is 0 Å². The van der Waals surface area contributed by atoms with E-state index in [2.05, 4.69) is 5.10 Å². The Morgan fingerprint density at radius 2 is 2.37 bits per heavy atom. The highest BCUT2D eigenvalue weighted by Gasteiger charge is 2.33. The van der Waals surface area contributed by atoms with Crippen LogP contribution in [-0.2, 0) is 16.1 Å². The molecule has 1 aromatic heterocycles. The lowest BCUT2D eigenvalue weighted by Gasteiger charge is -2.15. The van der Waals surface area contributed by atoms with E-state index in [4.69, 9.17) is 4.74 Å². The van der Waals surface area contributed by atoms with Gasteiger partial charge in [0.1, 0.15) is 6.10 Å². The van der Waals surface area contributed by atoms with Gasteiger partial charge in [0.25, 0.3) is 0 Å². The maximum Gasteiger partial charge on any atom is 0.222 e. The molecule has 0 unspecified atom stereocenters. The number of amides is 1. The van der Waals surface area contributed by atoms with Gasteiger partial charge in [-0.05, 0) is 19.4 Å². The van der Waals surface area contributed by atoms with E-state index in [0.717, 1.165) is 13.0 Å². The third-order valence-electron chi connectivity index (χ3n) is 3.31. The molecule has 2 rings (SSSR count). The Balaban J connectivity index is 1.72. The van der Waals surface area contributed by atoms with Crippen LogP contribution in [0, 0.1) is 0 Å². The Kier molecular flexibility index (Phi) is 4.93. The van der Waals surface area contributed by atoms with Crippen molar-refractivity contribution >= 4 is 5.91 Å². The molecule has 19 heavy (non-hydrogen) atoms. The van der Waals surface area contributed by atoms with Crippen LogP contribution in [0.15, 0.2) is 18.5 Å². The molecule has 2 heterocycles. The minimum absolute atomic E-state index is 0.0772. The smallest absolute Gasteiger partial charge is 0.222 e. The summed E-state index contributed by atoms with van der Waals surface area (Å²) in [6.45, 7) is 4.06. The number of carbonyl (C=O) groups is 1. The lowest BCUT2D eigenvalue weighted by Crippen LogP contribution is -2.30. The van der Waals surface area contributed by atoms with Crippen molar-refractivity contribution in [2.75, 3.05) is 19.7 Å². The zero-order chi connectivity index (χ0) is 13.7. The monoisotopic (exact) mass is 267 g/mol. The van der Waals surface area contributed by atoms with Crippen molar-refractivity contribution in [3.05, 3.63) is 18.5 Å². The van der Waals surface area contributed by atoms with Crippen molar-refractivity contribution in [3.63, 3.8) is 0 Å². The molecule has 1 aromatic rings. The van der Waals surface area contributed by atoms with Crippen molar-refractivity contribution in [2.24, 2.45) is 0 Å². The molecule has 1 saturated heterocycles. The molecule has 0 aliphatic carbocycles. The van der Waals surface area contributed by atoms with Gasteiger partial charge in [-0.15, -0.1) is 0 Å². The summed E-state index contributed by atoms with van der Waals surface area (Å²) in [6.07, 6.45) is 4.05. The number of rotatable bonds is 6. The second kappa shape index (κ2) is 6.68. The Morgan fingerprint density at radius 3 is 3.05 bits per heavy atom. The highest BCUT2D eigenvalue weighted by molar-refractivity contribution is 5.76. The number of hydrogen-bond donors (Lipinski definition) is 1. The molecule has 0 bridgehead atoms. The fourth-order valence-corrected chi connectivity index (χ4v) is 2.32. The number of ether oxygens (including phenoxy) is 1. The van der Waals surface area contributed by atoms with Crippen LogP contribution in [0.3, 0.4) is 0 Å². The zero-order valence-corrected chi connectivity index (χ0v) is 11.2. The molecule has 1 aliphatic rings. The third kappa shape index (κ3) is 3.78. The van der Waals surface area contributed by atoms with E-state index in [0.29, 0.717) is 26.1 Å². The summed E-state index contributed by atoms with van der Waals surface area (Å²) in [7, 11) is 0. The zero-order valence-electron chi connectivity index (χ0n) is 11.2. The van der Waals surface area contributed by atoms with E-state index in [1.54, 1.807) is 11.1 Å². The number of aromatic nitrogens is 2. The topological polar surface area (TPSA) is 67.6 Å². The average molecular weight is 267 g/mol. The van der Waals surface area contributed by atoms with Gasteiger partial charge in [-0.2, -0.15) is 5.10 Å². The van der Waals surface area contributed by atoms with E-state index < -0.39 is 6.10 Å². The summed E-state index contributed by atoms with van der Waals surface area (Å²) >= 11 is 0. The lowest BCUT2D eigenvalue weighted by atomic mass is 10.3. The second-order valence-electron chi connectivity index (χ2n) is 4.73. The van der Waals surface area contributed by atoms with Crippen LogP contribution in [0.25, 0.3) is 0 Å². The van der Waals surface area contributed by atoms with Gasteiger partial charge < -0.3 is 14.7 Å². The van der Waals surface area contributed by atoms with Crippen LogP contribution in [-0.4, -0.2) is 57.6 Å². The number of aliphatic hydroxyl groups is 1. The second-order valence-corrected chi connectivity index (χ2v) is 4.73. The number of aryl methyl sites for hydroxylation is 1. The van der Waals surface area contributed by atoms with Crippen LogP contribution >= 0.6 is 0 Å². The van der Waals surface area contributed by atoms with E-state index in [-0.39, 0.29) is 12.0 Å². The van der Waals surface area contributed by atoms with Crippen LogP contribution in [0.2, 0.25) is 0 Å². The van der Waals surface area contributed by atoms with Crippen molar-refractivity contribution < 1.29 is 14.6 Å². The third-order valence-corrected chi connectivity index (χ3v) is 3.31. The van der Waals surface area contributed by atoms with Gasteiger partial charge in [-0.3, -0.25) is 9.48 Å². The number of aliphatic hydroxyl groups excluding tert-OH is 1. The first-order valence-electron chi connectivity index (χ1n) is 6.75. The molecule has 1 N–H and O–H groups in total. The van der Waals surface area contributed by atoms with Crippen LogP contribution in [0.1, 0.15) is 19.8 Å². The summed E-state index contributed by atoms with van der Waals surface area (Å²) in [4.78, 5) is 13.7. The summed E-state index contributed by atoms with van der Waals surface area (Å²) in [6, 6.07) is 1.87. The minimum Gasteiger partial charge on any atom is -0.388 e. The van der Waals surface area contributed by atoms with E-state index >= 15 is 0 Å². The van der Waals surface area contributed by atoms with Gasteiger partial charge in [0.05, 0.1) is 6.10 Å². The molecule has 6 nitrogen and oxygen atoms in total. The number of likely N-dealkylation sites (tertiary alicyclic amines) is 1. The number of β-amino-alcohol motifs (C(OH)–C–C–N with tert-alkyl or cyclic N) is 1. The molecule has 0 spiro atoms. The Morgan fingerprint density at radius 1 is 1.53 bits per heavy atom. The molecular weight excluding hydrogens is 246 g/mol. The van der Waals surface area contributed by atoms with Crippen LogP contribution in [0.5, 0.6) is 0 Å². The predicted molar refractivity (Wildman–Crippen MR) is 69.5 cm³/mol. The molecule has 1 fully saturated rings. The van der Waals surface area contributed by atoms with Crippen molar-refractivity contribution in [3.8, 4) is 0 Å².